The second kappa shape index (κ2) is 18.9. The van der Waals surface area contributed by atoms with Crippen molar-refractivity contribution in [3.8, 4) is 0 Å². The maximum Gasteiger partial charge on any atom is 0.348 e. The van der Waals surface area contributed by atoms with Crippen molar-refractivity contribution in [3.05, 3.63) is 90.8 Å². The molecule has 11 nitrogen and oxygen atoms in total. The minimum Gasteiger partial charge on any atom is -0.462 e. The van der Waals surface area contributed by atoms with Crippen LogP contribution in [0.3, 0.4) is 0 Å². The van der Waals surface area contributed by atoms with Crippen molar-refractivity contribution >= 4 is 97.2 Å². The number of nitrogens with one attached hydrogen (secondary N) is 2. The predicted molar refractivity (Wildman–Crippen MR) is 205 cm³/mol. The third kappa shape index (κ3) is 9.99. The number of carbonyl (C=O) groups excluding carboxylic acids is 3. The Morgan fingerprint density at radius 1 is 0.765 bits per heavy atom. The van der Waals surface area contributed by atoms with Crippen molar-refractivity contribution in [3.63, 3.8) is 0 Å². The highest BCUT2D eigenvalue weighted by Gasteiger charge is 2.20. The number of thiophene rings is 1. The molecule has 0 bridgehead atoms. The van der Waals surface area contributed by atoms with E-state index >= 15 is 0 Å². The molecule has 0 unspecified atom stereocenters. The van der Waals surface area contributed by atoms with Crippen LogP contribution in [0.4, 0.5) is 11.4 Å². The van der Waals surface area contributed by atoms with Gasteiger partial charge < -0.3 is 29.7 Å². The molecule has 270 valence electrons. The molecule has 0 aliphatic rings. The largest absolute Gasteiger partial charge is 0.462 e. The van der Waals surface area contributed by atoms with E-state index in [9.17, 15) is 14.4 Å². The molecule has 0 spiro atoms. The summed E-state index contributed by atoms with van der Waals surface area (Å²) in [5, 5.41) is 11.1. The van der Waals surface area contributed by atoms with Gasteiger partial charge in [-0.05, 0) is 76.1 Å². The molecule has 0 fully saturated rings. The Bertz CT molecular complexity index is 2010. The molecular formula is C36H38Cl3N5O6S. The van der Waals surface area contributed by atoms with Gasteiger partial charge in [0.25, 0.3) is 0 Å². The fourth-order valence-electron chi connectivity index (χ4n) is 4.89. The number of hydrogen-bond acceptors (Lipinski definition) is 12. The van der Waals surface area contributed by atoms with E-state index < -0.39 is 11.9 Å². The first-order valence-electron chi connectivity index (χ1n) is 16.0. The fourth-order valence-corrected chi connectivity index (χ4v) is 6.02. The van der Waals surface area contributed by atoms with Crippen LogP contribution in [-0.2, 0) is 14.2 Å². The first-order valence-corrected chi connectivity index (χ1v) is 18.0. The summed E-state index contributed by atoms with van der Waals surface area (Å²) in [6.07, 6.45) is 2.95. The highest BCUT2D eigenvalue weighted by molar-refractivity contribution is 7.11. The van der Waals surface area contributed by atoms with E-state index in [1.54, 1.807) is 49.7 Å². The number of fused-ring (bicyclic) bond motifs is 2. The van der Waals surface area contributed by atoms with E-state index in [1.807, 2.05) is 33.2 Å². The standard InChI is InChI=1S/C19H16Cl2N2O4S.C17H22ClN3O2/c1-2-26-18(24)12-10-23-17-11(5-6-13(20)15(17)21)16(12)22-7-8-27-19(25)14-4-3-9-28-14;1-5-23-17(22)13-10-20-15-11(2)14(18)7-6-12(15)16(13)19-8-9-21(3)4/h3-6,9-10H,2,7-8H2,1H3,(H,22,23);6-7,10H,5,8-9H2,1-4H3,(H,19,20). The average molecular weight is 775 g/mol. The van der Waals surface area contributed by atoms with E-state index in [-0.39, 0.29) is 31.3 Å². The smallest absolute Gasteiger partial charge is 0.348 e. The van der Waals surface area contributed by atoms with Gasteiger partial charge in [-0.1, -0.05) is 40.9 Å². The minimum absolute atomic E-state index is 0.115. The molecule has 2 N–H and O–H groups in total. The number of pyridine rings is 2. The number of esters is 3. The van der Waals surface area contributed by atoms with Crippen LogP contribution in [0.1, 0.15) is 49.8 Å². The molecule has 0 radical (unpaired) electrons. The van der Waals surface area contributed by atoms with Gasteiger partial charge in [0.2, 0.25) is 0 Å². The van der Waals surface area contributed by atoms with Gasteiger partial charge in [-0.3, -0.25) is 9.97 Å². The summed E-state index contributed by atoms with van der Waals surface area (Å²) in [7, 11) is 4.00. The first kappa shape index (κ1) is 39.6. The number of anilines is 2. The average Bonchev–Trinajstić information content (AvgIpc) is 3.66. The van der Waals surface area contributed by atoms with Crippen LogP contribution < -0.4 is 10.6 Å². The van der Waals surface area contributed by atoms with Crippen LogP contribution >= 0.6 is 46.1 Å². The zero-order valence-electron chi connectivity index (χ0n) is 28.8. The number of likely N-dealkylation sites (N-methyl/N-ethyl adjacent to an activating group) is 1. The molecule has 0 saturated heterocycles. The molecule has 3 aromatic heterocycles. The van der Waals surface area contributed by atoms with E-state index in [2.05, 4.69) is 25.5 Å². The molecule has 0 saturated carbocycles. The van der Waals surface area contributed by atoms with Crippen molar-refractivity contribution in [1.29, 1.82) is 0 Å². The normalized spacial score (nSPS) is 10.8. The topological polar surface area (TPSA) is 132 Å². The monoisotopic (exact) mass is 773 g/mol. The lowest BCUT2D eigenvalue weighted by atomic mass is 10.1. The Balaban J connectivity index is 0.000000233. The van der Waals surface area contributed by atoms with Crippen molar-refractivity contribution in [1.82, 2.24) is 14.9 Å². The lowest BCUT2D eigenvalue weighted by Crippen LogP contribution is -2.22. The number of aryl methyl sites for hydroxylation is 1. The van der Waals surface area contributed by atoms with E-state index in [4.69, 9.17) is 49.0 Å². The number of nitrogens with zero attached hydrogens (tertiary/aromatic N) is 3. The van der Waals surface area contributed by atoms with Crippen LogP contribution in [0.25, 0.3) is 21.8 Å². The number of ether oxygens (including phenoxy) is 3. The molecule has 0 amide bonds. The van der Waals surface area contributed by atoms with E-state index in [1.165, 1.54) is 17.5 Å². The van der Waals surface area contributed by atoms with Gasteiger partial charge >= 0.3 is 17.9 Å². The fraction of sp³-hybridized carbons (Fsp3) is 0.306. The van der Waals surface area contributed by atoms with Crippen LogP contribution in [0, 0.1) is 6.92 Å². The Morgan fingerprint density at radius 3 is 1.90 bits per heavy atom. The lowest BCUT2D eigenvalue weighted by molar-refractivity contribution is 0.0513. The zero-order valence-corrected chi connectivity index (χ0v) is 31.9. The second-order valence-corrected chi connectivity index (χ2v) is 13.3. The molecule has 51 heavy (non-hydrogen) atoms. The van der Waals surface area contributed by atoms with Crippen LogP contribution in [0.15, 0.2) is 54.2 Å². The SMILES string of the molecule is CCOC(=O)c1cnc2c(C)c(Cl)ccc2c1NCCN(C)C.CCOC(=O)c1cnc2c(Cl)c(Cl)ccc2c1NCCOC(=O)c1cccs1. The number of benzene rings is 2. The number of rotatable bonds is 13. The summed E-state index contributed by atoms with van der Waals surface area (Å²) in [5.41, 5.74) is 4.09. The molecule has 3 heterocycles. The summed E-state index contributed by atoms with van der Waals surface area (Å²) in [4.78, 5) is 47.7. The molecule has 5 rings (SSSR count). The maximum absolute atomic E-state index is 12.3. The molecule has 5 aromatic rings. The highest BCUT2D eigenvalue weighted by Crippen LogP contribution is 2.35. The van der Waals surface area contributed by atoms with Gasteiger partial charge in [0.05, 0.1) is 45.7 Å². The maximum atomic E-state index is 12.3. The molecular weight excluding hydrogens is 737 g/mol. The third-order valence-corrected chi connectivity index (χ3v) is 9.42. The molecule has 0 atom stereocenters. The van der Waals surface area contributed by atoms with Gasteiger partial charge in [-0.2, -0.15) is 0 Å². The number of carbonyl (C=O) groups is 3. The van der Waals surface area contributed by atoms with Crippen LogP contribution in [0.2, 0.25) is 15.1 Å². The van der Waals surface area contributed by atoms with Gasteiger partial charge in [-0.15, -0.1) is 11.3 Å². The van der Waals surface area contributed by atoms with Gasteiger partial charge in [0, 0.05) is 47.8 Å². The second-order valence-electron chi connectivity index (χ2n) is 11.1. The Labute approximate surface area is 315 Å². The van der Waals surface area contributed by atoms with Gasteiger partial charge in [-0.25, -0.2) is 14.4 Å². The van der Waals surface area contributed by atoms with E-state index in [0.29, 0.717) is 55.3 Å². The molecule has 0 aliphatic carbocycles. The highest BCUT2D eigenvalue weighted by atomic mass is 35.5. The Hall–Kier alpha value is -4.20. The minimum atomic E-state index is -0.513. The summed E-state index contributed by atoms with van der Waals surface area (Å²) in [6, 6.07) is 10.5. The van der Waals surface area contributed by atoms with Gasteiger partial charge in [0.15, 0.2) is 0 Å². The van der Waals surface area contributed by atoms with Crippen molar-refractivity contribution in [2.24, 2.45) is 0 Å². The summed E-state index contributed by atoms with van der Waals surface area (Å²) >= 11 is 19.8. The lowest BCUT2D eigenvalue weighted by Gasteiger charge is -2.17. The van der Waals surface area contributed by atoms with Crippen LogP contribution in [0.5, 0.6) is 0 Å². The van der Waals surface area contributed by atoms with Crippen LogP contribution in [-0.4, -0.2) is 86.3 Å². The third-order valence-electron chi connectivity index (χ3n) is 7.37. The quantitative estimate of drug-likeness (QED) is 0.0679. The van der Waals surface area contributed by atoms with E-state index in [0.717, 1.165) is 28.7 Å². The summed E-state index contributed by atoms with van der Waals surface area (Å²) < 4.78 is 15.5. The Morgan fingerprint density at radius 2 is 1.33 bits per heavy atom. The van der Waals surface area contributed by atoms with Crippen molar-refractivity contribution in [2.45, 2.75) is 20.8 Å². The predicted octanol–water partition coefficient (Wildman–Crippen LogP) is 8.40. The Kier molecular flexibility index (Phi) is 14.6. The number of hydrogen-bond donors (Lipinski definition) is 2. The number of aromatic nitrogens is 2. The summed E-state index contributed by atoms with van der Waals surface area (Å²) in [5.74, 6) is -1.28. The molecule has 2 aromatic carbocycles. The first-order chi connectivity index (χ1) is 24.5. The zero-order chi connectivity index (χ0) is 37.1. The van der Waals surface area contributed by atoms with Crippen molar-refractivity contribution in [2.75, 3.05) is 64.2 Å². The van der Waals surface area contributed by atoms with Crippen molar-refractivity contribution < 1.29 is 28.6 Å². The molecule has 15 heteroatoms. The van der Waals surface area contributed by atoms with Gasteiger partial charge in [0.1, 0.15) is 22.6 Å². The summed E-state index contributed by atoms with van der Waals surface area (Å²) in [6.45, 7) is 7.94. The molecule has 0 aliphatic heterocycles. The number of halogens is 3.